The molecule has 0 atom stereocenters. The van der Waals surface area contributed by atoms with Crippen LogP contribution in [-0.4, -0.2) is 30.7 Å². The highest BCUT2D eigenvalue weighted by Gasteiger charge is 2.25. The first kappa shape index (κ1) is 13.9. The second kappa shape index (κ2) is 5.61. The molecule has 0 aliphatic carbocycles. The fourth-order valence-electron chi connectivity index (χ4n) is 2.10. The van der Waals surface area contributed by atoms with Crippen molar-refractivity contribution in [2.75, 3.05) is 14.2 Å². The van der Waals surface area contributed by atoms with E-state index >= 15 is 0 Å². The lowest BCUT2D eigenvalue weighted by molar-refractivity contribution is 0.0548. The molecule has 0 aliphatic heterocycles. The molecule has 20 heavy (non-hydrogen) atoms. The maximum Gasteiger partial charge on any atom is 0.355 e. The standard InChI is InChI=1S/C15H15NO4/c1-16-12(10-7-5-4-6-8-10)9-11(14(17)19-2)13(16)15(18)20-3/h4-9H,1-3H3. The van der Waals surface area contributed by atoms with Gasteiger partial charge in [-0.3, -0.25) is 0 Å². The van der Waals surface area contributed by atoms with Crippen LogP contribution in [0.3, 0.4) is 0 Å². The van der Waals surface area contributed by atoms with Gasteiger partial charge in [0.15, 0.2) is 0 Å². The third-order valence-corrected chi connectivity index (χ3v) is 3.09. The summed E-state index contributed by atoms with van der Waals surface area (Å²) in [7, 11) is 4.26. The Morgan fingerprint density at radius 1 is 1.00 bits per heavy atom. The molecule has 1 aromatic carbocycles. The summed E-state index contributed by atoms with van der Waals surface area (Å²) in [6.07, 6.45) is 0. The van der Waals surface area contributed by atoms with Gasteiger partial charge in [0.05, 0.1) is 19.8 Å². The first-order chi connectivity index (χ1) is 9.60. The summed E-state index contributed by atoms with van der Waals surface area (Å²) in [4.78, 5) is 23.7. The van der Waals surface area contributed by atoms with E-state index in [0.29, 0.717) is 0 Å². The van der Waals surface area contributed by atoms with E-state index in [1.165, 1.54) is 14.2 Å². The molecule has 0 saturated carbocycles. The molecule has 0 spiro atoms. The molecule has 2 aromatic rings. The number of benzene rings is 1. The summed E-state index contributed by atoms with van der Waals surface area (Å²) in [5.41, 5.74) is 2.01. The van der Waals surface area contributed by atoms with Crippen molar-refractivity contribution >= 4 is 11.9 Å². The highest BCUT2D eigenvalue weighted by molar-refractivity contribution is 6.03. The van der Waals surface area contributed by atoms with Gasteiger partial charge in [-0.25, -0.2) is 9.59 Å². The topological polar surface area (TPSA) is 57.5 Å². The average Bonchev–Trinajstić information content (AvgIpc) is 2.84. The normalized spacial score (nSPS) is 10.2. The molecule has 0 radical (unpaired) electrons. The largest absolute Gasteiger partial charge is 0.465 e. The molecule has 0 saturated heterocycles. The van der Waals surface area contributed by atoms with Crippen molar-refractivity contribution in [1.29, 1.82) is 0 Å². The van der Waals surface area contributed by atoms with E-state index < -0.39 is 11.9 Å². The minimum atomic E-state index is -0.574. The molecule has 0 aliphatic rings. The highest BCUT2D eigenvalue weighted by Crippen LogP contribution is 2.26. The van der Waals surface area contributed by atoms with E-state index in [1.54, 1.807) is 17.7 Å². The van der Waals surface area contributed by atoms with E-state index in [0.717, 1.165) is 11.3 Å². The second-order valence-electron chi connectivity index (χ2n) is 4.20. The number of hydrogen-bond acceptors (Lipinski definition) is 4. The van der Waals surface area contributed by atoms with Gasteiger partial charge in [0.2, 0.25) is 0 Å². The lowest BCUT2D eigenvalue weighted by Crippen LogP contribution is -2.14. The molecule has 2 rings (SSSR count). The predicted octanol–water partition coefficient (Wildman–Crippen LogP) is 2.27. The monoisotopic (exact) mass is 273 g/mol. The first-order valence-electron chi connectivity index (χ1n) is 6.02. The van der Waals surface area contributed by atoms with Crippen LogP contribution in [-0.2, 0) is 16.5 Å². The van der Waals surface area contributed by atoms with Crippen LogP contribution in [0.15, 0.2) is 36.4 Å². The maximum absolute atomic E-state index is 11.9. The van der Waals surface area contributed by atoms with Crippen LogP contribution in [0.2, 0.25) is 0 Å². The lowest BCUT2D eigenvalue weighted by atomic mass is 10.1. The minimum absolute atomic E-state index is 0.179. The molecule has 5 heteroatoms. The van der Waals surface area contributed by atoms with Crippen LogP contribution >= 0.6 is 0 Å². The maximum atomic E-state index is 11.9. The van der Waals surface area contributed by atoms with E-state index in [2.05, 4.69) is 0 Å². The Morgan fingerprint density at radius 3 is 2.15 bits per heavy atom. The Bertz CT molecular complexity index is 643. The Morgan fingerprint density at radius 2 is 1.60 bits per heavy atom. The molecule has 0 unspecified atom stereocenters. The van der Waals surface area contributed by atoms with Gasteiger partial charge in [0.25, 0.3) is 0 Å². The number of aromatic nitrogens is 1. The Hall–Kier alpha value is -2.56. The zero-order chi connectivity index (χ0) is 14.7. The zero-order valence-electron chi connectivity index (χ0n) is 11.5. The van der Waals surface area contributed by atoms with Crippen molar-refractivity contribution in [3.63, 3.8) is 0 Å². The number of esters is 2. The van der Waals surface area contributed by atoms with Gasteiger partial charge in [-0.15, -0.1) is 0 Å². The van der Waals surface area contributed by atoms with Gasteiger partial charge in [0.1, 0.15) is 5.69 Å². The van der Waals surface area contributed by atoms with Crippen LogP contribution in [0.5, 0.6) is 0 Å². The molecule has 0 fully saturated rings. The van der Waals surface area contributed by atoms with Crippen molar-refractivity contribution < 1.29 is 19.1 Å². The number of rotatable bonds is 3. The van der Waals surface area contributed by atoms with Crippen LogP contribution in [0, 0.1) is 0 Å². The molecule has 0 N–H and O–H groups in total. The predicted molar refractivity (Wildman–Crippen MR) is 73.5 cm³/mol. The van der Waals surface area contributed by atoms with Crippen molar-refractivity contribution in [2.45, 2.75) is 0 Å². The summed E-state index contributed by atoms with van der Waals surface area (Å²) in [6, 6.07) is 11.1. The summed E-state index contributed by atoms with van der Waals surface area (Å²) in [5.74, 6) is -1.14. The molecular formula is C15H15NO4. The number of nitrogens with zero attached hydrogens (tertiary/aromatic N) is 1. The van der Waals surface area contributed by atoms with Crippen LogP contribution in [0.1, 0.15) is 20.8 Å². The van der Waals surface area contributed by atoms with Crippen molar-refractivity contribution in [3.05, 3.63) is 47.7 Å². The third-order valence-electron chi connectivity index (χ3n) is 3.09. The van der Waals surface area contributed by atoms with Crippen molar-refractivity contribution in [2.24, 2.45) is 7.05 Å². The molecule has 5 nitrogen and oxygen atoms in total. The summed E-state index contributed by atoms with van der Waals surface area (Å²) < 4.78 is 11.1. The van der Waals surface area contributed by atoms with Crippen LogP contribution in [0.4, 0.5) is 0 Å². The highest BCUT2D eigenvalue weighted by atomic mass is 16.5. The molecule has 1 heterocycles. The number of methoxy groups -OCH3 is 2. The summed E-state index contributed by atoms with van der Waals surface area (Å²) in [5, 5.41) is 0. The molecular weight excluding hydrogens is 258 g/mol. The van der Waals surface area contributed by atoms with E-state index in [9.17, 15) is 9.59 Å². The van der Waals surface area contributed by atoms with Gasteiger partial charge in [-0.05, 0) is 11.6 Å². The SMILES string of the molecule is COC(=O)c1cc(-c2ccccc2)n(C)c1C(=O)OC. The van der Waals surface area contributed by atoms with Gasteiger partial charge in [0, 0.05) is 12.7 Å². The van der Waals surface area contributed by atoms with Crippen molar-refractivity contribution in [3.8, 4) is 11.3 Å². The average molecular weight is 273 g/mol. The van der Waals surface area contributed by atoms with Crippen LogP contribution < -0.4 is 0 Å². The first-order valence-corrected chi connectivity index (χ1v) is 6.02. The smallest absolute Gasteiger partial charge is 0.355 e. The van der Waals surface area contributed by atoms with E-state index in [4.69, 9.17) is 9.47 Å². The lowest BCUT2D eigenvalue weighted by Gasteiger charge is -2.07. The van der Waals surface area contributed by atoms with E-state index in [-0.39, 0.29) is 11.3 Å². The summed E-state index contributed by atoms with van der Waals surface area (Å²) >= 11 is 0. The van der Waals surface area contributed by atoms with Crippen LogP contribution in [0.25, 0.3) is 11.3 Å². The van der Waals surface area contributed by atoms with Gasteiger partial charge in [-0.2, -0.15) is 0 Å². The zero-order valence-corrected chi connectivity index (χ0v) is 11.5. The Kier molecular flexibility index (Phi) is 3.89. The van der Waals surface area contributed by atoms with Gasteiger partial charge < -0.3 is 14.0 Å². The quantitative estimate of drug-likeness (QED) is 0.805. The fraction of sp³-hybridized carbons (Fsp3) is 0.200. The van der Waals surface area contributed by atoms with Gasteiger partial charge >= 0.3 is 11.9 Å². The third kappa shape index (κ3) is 2.30. The molecule has 1 aromatic heterocycles. The second-order valence-corrected chi connectivity index (χ2v) is 4.20. The number of hydrogen-bond donors (Lipinski definition) is 0. The van der Waals surface area contributed by atoms with Gasteiger partial charge in [-0.1, -0.05) is 30.3 Å². The minimum Gasteiger partial charge on any atom is -0.465 e. The number of carbonyl (C=O) groups is 2. The molecule has 104 valence electrons. The summed E-state index contributed by atoms with van der Waals surface area (Å²) in [6.45, 7) is 0. The molecule has 0 amide bonds. The number of carbonyl (C=O) groups excluding carboxylic acids is 2. The number of ether oxygens (including phenoxy) is 2. The van der Waals surface area contributed by atoms with Crippen molar-refractivity contribution in [1.82, 2.24) is 4.57 Å². The Balaban J connectivity index is 2.65. The fourth-order valence-corrected chi connectivity index (χ4v) is 2.10. The Labute approximate surface area is 116 Å². The van der Waals surface area contributed by atoms with E-state index in [1.807, 2.05) is 30.3 Å². The molecule has 0 bridgehead atoms.